The van der Waals surface area contributed by atoms with Crippen molar-refractivity contribution in [2.24, 2.45) is 0 Å². The van der Waals surface area contributed by atoms with Gasteiger partial charge in [0.15, 0.2) is 6.10 Å². The molecule has 2 rings (SSSR count). The maximum absolute atomic E-state index is 12.2. The molecule has 1 heterocycles. The fourth-order valence-corrected chi connectivity index (χ4v) is 2.94. The predicted molar refractivity (Wildman–Crippen MR) is 110 cm³/mol. The van der Waals surface area contributed by atoms with Crippen LogP contribution in [0.15, 0.2) is 47.2 Å². The molecule has 11 nitrogen and oxygen atoms in total. The Morgan fingerprint density at radius 3 is 2.16 bits per heavy atom. The minimum atomic E-state index is -1.16. The van der Waals surface area contributed by atoms with Gasteiger partial charge in [-0.25, -0.2) is 9.59 Å². The molecule has 0 aromatic heterocycles. The number of hydrogen-bond donors (Lipinski definition) is 1. The molecule has 0 fully saturated rings. The molecule has 1 aromatic rings. The van der Waals surface area contributed by atoms with E-state index in [1.54, 1.807) is 39.8 Å². The number of nitrogens with one attached hydrogen (secondary N) is 1. The van der Waals surface area contributed by atoms with Gasteiger partial charge in [-0.15, -0.1) is 0 Å². The Hall–Kier alpha value is -4.07. The second-order valence-electron chi connectivity index (χ2n) is 7.15. The van der Waals surface area contributed by atoms with E-state index < -0.39 is 35.4 Å². The van der Waals surface area contributed by atoms with E-state index in [-0.39, 0.29) is 17.2 Å². The van der Waals surface area contributed by atoms with Crippen LogP contribution < -0.4 is 5.32 Å². The summed E-state index contributed by atoms with van der Waals surface area (Å²) in [5, 5.41) is 23.1. The average Bonchev–Trinajstić information content (AvgIpc) is 2.70. The standard InChI is InChI=1S/C21H23N3O8/c1-11(2)29-20(25)31-18-13(4)23-14(5)19(32-21(26)30-12(3)10-22)17(18)15-7-6-8-16(9-15)24(27)28/h6-9,11-12,17,23H,1-5H3. The SMILES string of the molecule is CC1=C(OC(=O)OC(C)C)C(c2cccc([N+](=O)[O-])c2)C(OC(=O)OC(C)C#N)=C(C)N1. The molecular weight excluding hydrogens is 422 g/mol. The lowest BCUT2D eigenvalue weighted by Gasteiger charge is -2.30. The fourth-order valence-electron chi connectivity index (χ4n) is 2.94. The van der Waals surface area contributed by atoms with Gasteiger partial charge in [0, 0.05) is 12.1 Å². The van der Waals surface area contributed by atoms with E-state index in [4.69, 9.17) is 24.2 Å². The van der Waals surface area contributed by atoms with Crippen LogP contribution in [0, 0.1) is 21.4 Å². The molecule has 11 heteroatoms. The van der Waals surface area contributed by atoms with Gasteiger partial charge in [0.25, 0.3) is 5.69 Å². The molecule has 0 bridgehead atoms. The van der Waals surface area contributed by atoms with E-state index in [0.717, 1.165) is 0 Å². The summed E-state index contributed by atoms with van der Waals surface area (Å²) >= 11 is 0. The van der Waals surface area contributed by atoms with Gasteiger partial charge in [-0.2, -0.15) is 5.26 Å². The topological polar surface area (TPSA) is 150 Å². The molecule has 0 saturated heterocycles. The number of non-ortho nitro benzene ring substituents is 1. The number of ether oxygens (including phenoxy) is 4. The van der Waals surface area contributed by atoms with Gasteiger partial charge in [0.2, 0.25) is 0 Å². The molecule has 0 spiro atoms. The Labute approximate surface area is 184 Å². The first-order valence-electron chi connectivity index (χ1n) is 9.62. The van der Waals surface area contributed by atoms with E-state index in [1.807, 2.05) is 0 Å². The maximum atomic E-state index is 12.2. The molecule has 32 heavy (non-hydrogen) atoms. The smallest absolute Gasteiger partial charge is 0.431 e. The number of nitriles is 1. The normalized spacial score (nSPS) is 16.6. The molecule has 1 N–H and O–H groups in total. The summed E-state index contributed by atoms with van der Waals surface area (Å²) in [7, 11) is 0. The van der Waals surface area contributed by atoms with E-state index in [9.17, 15) is 19.7 Å². The average molecular weight is 445 g/mol. The molecule has 170 valence electrons. The van der Waals surface area contributed by atoms with Crippen molar-refractivity contribution in [1.82, 2.24) is 5.32 Å². The molecule has 2 atom stereocenters. The van der Waals surface area contributed by atoms with Crippen molar-refractivity contribution in [2.45, 2.75) is 52.7 Å². The molecular formula is C21H23N3O8. The molecule has 1 aromatic carbocycles. The fraction of sp³-hybridized carbons (Fsp3) is 0.381. The molecule has 2 unspecified atom stereocenters. The van der Waals surface area contributed by atoms with Crippen LogP contribution in [0.5, 0.6) is 0 Å². The van der Waals surface area contributed by atoms with Crippen LogP contribution in [0.4, 0.5) is 15.3 Å². The van der Waals surface area contributed by atoms with Crippen LogP contribution in [0.25, 0.3) is 0 Å². The first-order chi connectivity index (χ1) is 15.0. The number of nitrogens with zero attached hydrogens (tertiary/aromatic N) is 2. The highest BCUT2D eigenvalue weighted by Gasteiger charge is 2.36. The third-order valence-corrected chi connectivity index (χ3v) is 4.23. The molecule has 1 aliphatic rings. The third kappa shape index (κ3) is 5.98. The largest absolute Gasteiger partial charge is 0.514 e. The molecule has 0 aliphatic carbocycles. The summed E-state index contributed by atoms with van der Waals surface area (Å²) in [5.74, 6) is -1.00. The third-order valence-electron chi connectivity index (χ3n) is 4.23. The van der Waals surface area contributed by atoms with E-state index in [0.29, 0.717) is 17.0 Å². The number of allylic oxidation sites excluding steroid dienone is 2. The van der Waals surface area contributed by atoms with Crippen LogP contribution in [0.3, 0.4) is 0 Å². The van der Waals surface area contributed by atoms with Crippen molar-refractivity contribution >= 4 is 18.0 Å². The highest BCUT2D eigenvalue weighted by Crippen LogP contribution is 2.40. The lowest BCUT2D eigenvalue weighted by molar-refractivity contribution is -0.384. The Morgan fingerprint density at radius 2 is 1.66 bits per heavy atom. The van der Waals surface area contributed by atoms with E-state index in [2.05, 4.69) is 5.32 Å². The van der Waals surface area contributed by atoms with Gasteiger partial charge in [-0.3, -0.25) is 10.1 Å². The van der Waals surface area contributed by atoms with Crippen molar-refractivity contribution < 1.29 is 33.5 Å². The summed E-state index contributed by atoms with van der Waals surface area (Å²) < 4.78 is 20.7. The van der Waals surface area contributed by atoms with Crippen molar-refractivity contribution in [3.05, 3.63) is 62.9 Å². The maximum Gasteiger partial charge on any atom is 0.514 e. The Morgan fingerprint density at radius 1 is 1.09 bits per heavy atom. The van der Waals surface area contributed by atoms with Gasteiger partial charge in [0.1, 0.15) is 23.5 Å². The second kappa shape index (κ2) is 10.3. The monoisotopic (exact) mass is 445 g/mol. The van der Waals surface area contributed by atoms with Crippen LogP contribution in [0.2, 0.25) is 0 Å². The first kappa shape index (κ1) is 24.2. The highest BCUT2D eigenvalue weighted by atomic mass is 16.7. The Kier molecular flexibility index (Phi) is 7.79. The zero-order valence-electron chi connectivity index (χ0n) is 18.2. The summed E-state index contributed by atoms with van der Waals surface area (Å²) in [6, 6.07) is 7.34. The summed E-state index contributed by atoms with van der Waals surface area (Å²) in [5.41, 5.74) is 0.902. The minimum Gasteiger partial charge on any atom is -0.431 e. The number of dihydropyridines is 1. The minimum absolute atomic E-state index is 0.0152. The number of nitro benzene ring substituents is 1. The van der Waals surface area contributed by atoms with Crippen molar-refractivity contribution in [2.75, 3.05) is 0 Å². The van der Waals surface area contributed by atoms with Gasteiger partial charge < -0.3 is 24.3 Å². The van der Waals surface area contributed by atoms with Crippen molar-refractivity contribution in [1.29, 1.82) is 5.26 Å². The van der Waals surface area contributed by atoms with Crippen LogP contribution in [-0.2, 0) is 18.9 Å². The molecule has 0 radical (unpaired) electrons. The van der Waals surface area contributed by atoms with Gasteiger partial charge >= 0.3 is 12.3 Å². The van der Waals surface area contributed by atoms with E-state index in [1.165, 1.54) is 25.1 Å². The Bertz CT molecular complexity index is 1020. The quantitative estimate of drug-likeness (QED) is 0.380. The lowest BCUT2D eigenvalue weighted by Crippen LogP contribution is -2.30. The number of rotatable bonds is 6. The zero-order chi connectivity index (χ0) is 24.0. The molecule has 0 amide bonds. The van der Waals surface area contributed by atoms with Gasteiger partial charge in [0.05, 0.1) is 22.4 Å². The summed E-state index contributed by atoms with van der Waals surface area (Å²) in [4.78, 5) is 35.1. The first-order valence-corrected chi connectivity index (χ1v) is 9.62. The number of carbonyl (C=O) groups is 2. The van der Waals surface area contributed by atoms with Crippen LogP contribution >= 0.6 is 0 Å². The molecule has 0 saturated carbocycles. The number of benzene rings is 1. The number of nitro groups is 1. The second-order valence-corrected chi connectivity index (χ2v) is 7.15. The van der Waals surface area contributed by atoms with Crippen molar-refractivity contribution in [3.63, 3.8) is 0 Å². The van der Waals surface area contributed by atoms with Gasteiger partial charge in [-0.05, 0) is 40.2 Å². The van der Waals surface area contributed by atoms with E-state index >= 15 is 0 Å². The zero-order valence-corrected chi connectivity index (χ0v) is 18.2. The number of carbonyl (C=O) groups excluding carboxylic acids is 2. The van der Waals surface area contributed by atoms with Gasteiger partial charge in [-0.1, -0.05) is 12.1 Å². The Balaban J connectivity index is 2.53. The molecule has 1 aliphatic heterocycles. The summed E-state index contributed by atoms with van der Waals surface area (Å²) in [6.07, 6.45) is -3.67. The highest BCUT2D eigenvalue weighted by molar-refractivity contribution is 5.65. The van der Waals surface area contributed by atoms with Crippen molar-refractivity contribution in [3.8, 4) is 6.07 Å². The number of hydrogen-bond acceptors (Lipinski definition) is 10. The lowest BCUT2D eigenvalue weighted by atomic mass is 9.90. The van der Waals surface area contributed by atoms with Crippen LogP contribution in [-0.4, -0.2) is 29.4 Å². The predicted octanol–water partition coefficient (Wildman–Crippen LogP) is 4.37. The summed E-state index contributed by atoms with van der Waals surface area (Å²) in [6.45, 7) is 7.88. The van der Waals surface area contributed by atoms with Crippen LogP contribution in [0.1, 0.15) is 46.1 Å².